The summed E-state index contributed by atoms with van der Waals surface area (Å²) in [6, 6.07) is 47.5. The Morgan fingerprint density at radius 2 is 0.950 bits per heavy atom. The lowest BCUT2D eigenvalue weighted by Gasteiger charge is -2.10. The molecule has 0 N–H and O–H groups in total. The van der Waals surface area contributed by atoms with E-state index < -0.39 is 23.5 Å². The summed E-state index contributed by atoms with van der Waals surface area (Å²) in [7, 11) is 9.52. The zero-order chi connectivity index (χ0) is 88.5. The summed E-state index contributed by atoms with van der Waals surface area (Å²) >= 11 is 5.84. The highest BCUT2D eigenvalue weighted by atomic mass is 35.5. The van der Waals surface area contributed by atoms with Crippen molar-refractivity contribution in [3.8, 4) is 5.75 Å². The monoisotopic (exact) mass is 1690 g/mol. The Kier molecular flexibility index (Phi) is 39.6. The first kappa shape index (κ1) is 102. The molecule has 0 radical (unpaired) electrons. The predicted octanol–water partition coefficient (Wildman–Crippen LogP) is 29.0. The van der Waals surface area contributed by atoms with Crippen LogP contribution in [0, 0.1) is 143 Å². The molecule has 6 aromatic carbocycles. The van der Waals surface area contributed by atoms with Gasteiger partial charge in [-0.3, -0.25) is 19.9 Å². The van der Waals surface area contributed by atoms with Crippen LogP contribution in [-0.4, -0.2) is 73.3 Å². The average Bonchev–Trinajstić information content (AvgIpc) is 1.63. The Bertz CT molecular complexity index is 5600. The van der Waals surface area contributed by atoms with Gasteiger partial charge in [0.2, 0.25) is 0 Å². The zero-order valence-corrected chi connectivity index (χ0v) is 74.5. The number of pyridine rings is 2. The molecule has 0 atom stereocenters. The SMILES string of the molecule is C.C.CC1=C(C)N(C)CC1.Cc1cc2c(Cl)cc(C(F)(F)F)cc2n1C.Cc1cc2c(OCC3CC3)cccc2n1C.Cc1cc2ccc(C(F)(F)F)cc2n1C.Cc1ccc(C)c(C)n1.Cc1ccccc1C.Cc1ccccc1C.Cc1ccnc(C)c1C.Cc1ccnc(C)n1.Cc1nccnc1C.[2HH].[2HH].[2HH].[2HH].[2HH].[C-]#[N+]c1ccc(F)c2c1cc(C)n2C. The number of hydrogen-bond donors (Lipinski definition) is 0. The number of fused-ring (bicyclic) bond motifs is 4. The Morgan fingerprint density at radius 1 is 0.455 bits per heavy atom. The summed E-state index contributed by atoms with van der Waals surface area (Å²) in [4.78, 5) is 30.1. The summed E-state index contributed by atoms with van der Waals surface area (Å²) in [5, 5.41) is 3.55. The summed E-state index contributed by atoms with van der Waals surface area (Å²) in [5.74, 6) is 2.40. The fraction of sp³-hybridized carbons (Fsp3) is 0.350. The summed E-state index contributed by atoms with van der Waals surface area (Å²) in [6.45, 7) is 49.7. The Hall–Kier alpha value is -11.4. The van der Waals surface area contributed by atoms with Crippen molar-refractivity contribution < 1.29 is 42.6 Å². The van der Waals surface area contributed by atoms with Gasteiger partial charge in [0.15, 0.2) is 5.69 Å². The number of aromatic nitrogens is 10. The van der Waals surface area contributed by atoms with Crippen molar-refractivity contribution in [2.24, 2.45) is 34.1 Å². The predicted molar refractivity (Wildman–Crippen MR) is 501 cm³/mol. The lowest BCUT2D eigenvalue weighted by Crippen LogP contribution is -2.10. The number of alkyl halides is 6. The van der Waals surface area contributed by atoms with Gasteiger partial charge in [-0.2, -0.15) is 26.3 Å². The maximum Gasteiger partial charge on any atom is 0.416 e. The smallest absolute Gasteiger partial charge is 0.416 e. The molecule has 14 aromatic rings. The highest BCUT2D eigenvalue weighted by Gasteiger charge is 2.32. The van der Waals surface area contributed by atoms with Crippen molar-refractivity contribution in [3.63, 3.8) is 0 Å². The number of halogens is 8. The van der Waals surface area contributed by atoms with E-state index in [1.54, 1.807) is 65.1 Å². The number of aryl methyl sites for hydroxylation is 21. The molecule has 0 unspecified atom stereocenters. The van der Waals surface area contributed by atoms with Gasteiger partial charge < -0.3 is 27.9 Å². The normalized spacial score (nSPS) is 11.7. The maximum absolute atomic E-state index is 13.5. The molecule has 0 saturated heterocycles. The first-order chi connectivity index (χ1) is 55.9. The lowest BCUT2D eigenvalue weighted by atomic mass is 10.1. The van der Waals surface area contributed by atoms with Gasteiger partial charge in [-0.15, -0.1) is 0 Å². The molecule has 0 bridgehead atoms. The van der Waals surface area contributed by atoms with Crippen LogP contribution in [0.5, 0.6) is 5.75 Å². The highest BCUT2D eigenvalue weighted by Crippen LogP contribution is 2.38. The van der Waals surface area contributed by atoms with E-state index in [0.29, 0.717) is 33.0 Å². The molecule has 1 aliphatic carbocycles. The van der Waals surface area contributed by atoms with E-state index >= 15 is 0 Å². The molecular formula is C100H134ClF7N12O. The van der Waals surface area contributed by atoms with Gasteiger partial charge >= 0.3 is 12.4 Å². The third-order valence-corrected chi connectivity index (χ3v) is 21.7. The summed E-state index contributed by atoms with van der Waals surface area (Å²) < 4.78 is 102. The Morgan fingerprint density at radius 3 is 1.40 bits per heavy atom. The highest BCUT2D eigenvalue weighted by molar-refractivity contribution is 6.35. The van der Waals surface area contributed by atoms with Crippen LogP contribution >= 0.6 is 11.6 Å². The third kappa shape index (κ3) is 30.3. The fourth-order valence-corrected chi connectivity index (χ4v) is 12.2. The van der Waals surface area contributed by atoms with Crippen molar-refractivity contribution in [1.82, 2.24) is 53.1 Å². The first-order valence-corrected chi connectivity index (χ1v) is 39.8. The molecule has 1 saturated carbocycles. The number of benzene rings is 6. The maximum atomic E-state index is 13.5. The molecule has 16 rings (SSSR count). The van der Waals surface area contributed by atoms with Crippen LogP contribution in [0.4, 0.5) is 36.4 Å². The number of ether oxygens (including phenoxy) is 1. The molecule has 121 heavy (non-hydrogen) atoms. The van der Waals surface area contributed by atoms with Crippen molar-refractivity contribution in [2.45, 2.75) is 185 Å². The second-order valence-electron chi connectivity index (χ2n) is 30.3. The Labute approximate surface area is 726 Å². The number of rotatable bonds is 3. The summed E-state index contributed by atoms with van der Waals surface area (Å²) in [6.07, 6.45) is 2.30. The van der Waals surface area contributed by atoms with Crippen LogP contribution < -0.4 is 4.74 Å². The molecule has 2 aliphatic rings. The van der Waals surface area contributed by atoms with Crippen LogP contribution in [0.15, 0.2) is 194 Å². The standard InChI is InChI=1S/C14H17NO.C11H9ClF3N.C11H10F3N.C11H9FN2.2C8H11N.2C8H10.C7H13N.2C6H8N2.2CH4.5H2/c1-10-8-12-13(15(10)2)4-3-5-14(12)16-9-11-6-7-11;1-6-3-8-9(12)4-7(11(13,14)15)5-10(8)16(6)2;1-7-5-8-3-4-9(11(12,13)14)6-10(8)15(7)2;1-7-6-8-10(13-2)5-4-9(12)11(8)14(7)3;1-6-4-5-9-8(3)7(6)2;1-6-4-5-7(2)9-8(6)3;2*1-7-5-3-4-6-8(7)2;1-6-4-5-8(3)7(6)2;1-5-6(2)8-4-3-7-5;1-5-3-4-7-6(2)8-5;;;;;;;/h3-5,8,11H,6-7,9H2,1-2H3;3-5H,1-2H3;3-6H,1-2H3;4-6H,1,3H3;2*4-5H,1-3H3;2*3-6H,1-2H3;4-5H2,1-3H3;2*3-4H,1-2H3;2*1H4;5*1H/i;;;;;;;;;;;;;5*1+1. The number of hydrogen-bond acceptors (Lipinski definition) is 8. The van der Waals surface area contributed by atoms with E-state index in [2.05, 4.69) is 206 Å². The molecule has 21 heteroatoms. The van der Waals surface area contributed by atoms with Crippen molar-refractivity contribution in [1.29, 1.82) is 0 Å². The van der Waals surface area contributed by atoms with Gasteiger partial charge in [0, 0.05) is 147 Å². The van der Waals surface area contributed by atoms with E-state index in [9.17, 15) is 30.7 Å². The minimum Gasteiger partial charge on any atom is -0.493 e. The molecule has 13 nitrogen and oxygen atoms in total. The van der Waals surface area contributed by atoms with Crippen LogP contribution in [0.2, 0.25) is 5.02 Å². The molecule has 0 spiro atoms. The second kappa shape index (κ2) is 47.0. The molecule has 1 aliphatic heterocycles. The van der Waals surface area contributed by atoms with Crippen molar-refractivity contribution >= 4 is 60.9 Å². The van der Waals surface area contributed by atoms with E-state index in [-0.39, 0.29) is 32.8 Å². The van der Waals surface area contributed by atoms with Crippen molar-refractivity contribution in [3.05, 3.63) is 329 Å². The number of allylic oxidation sites excluding steroid dienone is 1. The molecule has 656 valence electrons. The molecule has 1 fully saturated rings. The van der Waals surface area contributed by atoms with Crippen LogP contribution in [0.3, 0.4) is 0 Å². The van der Waals surface area contributed by atoms with Gasteiger partial charge in [0.1, 0.15) is 17.4 Å². The van der Waals surface area contributed by atoms with Gasteiger partial charge in [-0.1, -0.05) is 105 Å². The third-order valence-electron chi connectivity index (χ3n) is 21.4. The lowest BCUT2D eigenvalue weighted by molar-refractivity contribution is -0.138. The molecule has 8 aromatic heterocycles. The fourth-order valence-electron chi connectivity index (χ4n) is 12.0. The first-order valence-electron chi connectivity index (χ1n) is 39.4. The summed E-state index contributed by atoms with van der Waals surface area (Å²) in [5.41, 5.74) is 24.9. The topological polar surface area (TPSA) is 114 Å². The van der Waals surface area contributed by atoms with Gasteiger partial charge in [0.05, 0.1) is 57.3 Å². The minimum absolute atomic E-state index is 0. The van der Waals surface area contributed by atoms with Crippen LogP contribution in [0.1, 0.15) is 168 Å². The van der Waals surface area contributed by atoms with E-state index in [1.807, 2.05) is 106 Å². The molecular weight excluding hydrogens is 1550 g/mol. The quantitative estimate of drug-likeness (QED) is 0.127. The van der Waals surface area contributed by atoms with Gasteiger partial charge in [-0.05, 0) is 293 Å². The van der Waals surface area contributed by atoms with Gasteiger partial charge in [-0.25, -0.2) is 19.2 Å². The van der Waals surface area contributed by atoms with E-state index in [4.69, 9.17) is 22.9 Å². The second-order valence-corrected chi connectivity index (χ2v) is 30.7. The molecule has 9 heterocycles. The van der Waals surface area contributed by atoms with Gasteiger partial charge in [0.25, 0.3) is 0 Å². The van der Waals surface area contributed by atoms with E-state index in [0.717, 1.165) is 98.9 Å². The van der Waals surface area contributed by atoms with Crippen LogP contribution in [0.25, 0.3) is 48.5 Å². The van der Waals surface area contributed by atoms with E-state index in [1.165, 1.54) is 111 Å². The Balaban J connectivity index is 0. The van der Waals surface area contributed by atoms with Crippen LogP contribution in [-0.2, 0) is 40.5 Å². The minimum atomic E-state index is -4.37. The number of nitrogens with zero attached hydrogens (tertiary/aromatic N) is 12. The largest absolute Gasteiger partial charge is 0.493 e. The average molecular weight is 1690 g/mol. The zero-order valence-electron chi connectivity index (χ0n) is 73.7. The van der Waals surface area contributed by atoms with Crippen molar-refractivity contribution in [2.75, 3.05) is 20.2 Å². The molecule has 0 amide bonds.